The van der Waals surface area contributed by atoms with E-state index >= 15 is 0 Å². The Hall–Kier alpha value is -0.780. The predicted molar refractivity (Wildman–Crippen MR) is 144 cm³/mol. The van der Waals surface area contributed by atoms with Crippen LogP contribution in [0.3, 0.4) is 0 Å². The van der Waals surface area contributed by atoms with E-state index < -0.39 is 0 Å². The third-order valence-corrected chi connectivity index (χ3v) is 5.90. The van der Waals surface area contributed by atoms with Crippen molar-refractivity contribution in [2.75, 3.05) is 0 Å². The second kappa shape index (κ2) is 24.5. The Balaban J connectivity index is -0.000000449. The number of unbranched alkanes of at least 4 members (excludes halogenated alkanes) is 1. The van der Waals surface area contributed by atoms with Crippen molar-refractivity contribution in [3.8, 4) is 0 Å². The number of hydrogen-bond acceptors (Lipinski definition) is 0. The van der Waals surface area contributed by atoms with Gasteiger partial charge in [0.05, 0.1) is 0 Å². The van der Waals surface area contributed by atoms with Crippen LogP contribution in [0.1, 0.15) is 137 Å². The van der Waals surface area contributed by atoms with Gasteiger partial charge in [0.25, 0.3) is 0 Å². The summed E-state index contributed by atoms with van der Waals surface area (Å²) < 4.78 is 0. The molecule has 0 heteroatoms. The van der Waals surface area contributed by atoms with Crippen molar-refractivity contribution < 1.29 is 0 Å². The maximum absolute atomic E-state index is 2.37. The maximum Gasteiger partial charge on any atom is -0.0250 e. The summed E-state index contributed by atoms with van der Waals surface area (Å²) >= 11 is 0. The zero-order chi connectivity index (χ0) is 23.9. The van der Waals surface area contributed by atoms with Crippen molar-refractivity contribution in [3.63, 3.8) is 0 Å². The highest BCUT2D eigenvalue weighted by Gasteiger charge is 2.10. The lowest BCUT2D eigenvalue weighted by Gasteiger charge is -2.18. The number of rotatable bonds is 11. The molecule has 0 radical (unpaired) electrons. The highest BCUT2D eigenvalue weighted by Crippen LogP contribution is 2.22. The first-order chi connectivity index (χ1) is 14.4. The quantitative estimate of drug-likeness (QED) is 0.334. The molecular weight excluding hydrogens is 360 g/mol. The van der Waals surface area contributed by atoms with Gasteiger partial charge in [0.1, 0.15) is 0 Å². The van der Waals surface area contributed by atoms with Gasteiger partial charge in [-0.05, 0) is 54.7 Å². The Morgan fingerprint density at radius 3 is 1.60 bits per heavy atom. The first kappa shape index (κ1) is 33.8. The van der Waals surface area contributed by atoms with E-state index in [0.717, 1.165) is 17.8 Å². The molecule has 0 N–H and O–H groups in total. The molecule has 0 bridgehead atoms. The van der Waals surface area contributed by atoms with E-state index in [2.05, 4.69) is 73.6 Å². The summed E-state index contributed by atoms with van der Waals surface area (Å²) in [5.41, 5.74) is 4.36. The minimum Gasteiger partial charge on any atom is -0.0683 e. The van der Waals surface area contributed by atoms with Crippen LogP contribution < -0.4 is 0 Å². The maximum atomic E-state index is 2.37. The van der Waals surface area contributed by atoms with Crippen LogP contribution >= 0.6 is 0 Å². The van der Waals surface area contributed by atoms with Gasteiger partial charge in [-0.3, -0.25) is 0 Å². The summed E-state index contributed by atoms with van der Waals surface area (Å²) in [6, 6.07) is 6.93. The van der Waals surface area contributed by atoms with Gasteiger partial charge in [-0.15, -0.1) is 0 Å². The zero-order valence-electron chi connectivity index (χ0n) is 23.3. The molecule has 1 aromatic carbocycles. The summed E-state index contributed by atoms with van der Waals surface area (Å²) in [4.78, 5) is 0. The van der Waals surface area contributed by atoms with E-state index in [1.54, 1.807) is 0 Å². The van der Waals surface area contributed by atoms with E-state index in [9.17, 15) is 0 Å². The molecule has 1 unspecified atom stereocenters. The third-order valence-electron chi connectivity index (χ3n) is 5.90. The van der Waals surface area contributed by atoms with Crippen molar-refractivity contribution in [2.24, 2.45) is 17.8 Å². The molecule has 180 valence electrons. The molecule has 0 aliphatic carbocycles. The van der Waals surface area contributed by atoms with Crippen molar-refractivity contribution in [1.82, 2.24) is 0 Å². The van der Waals surface area contributed by atoms with E-state index in [-0.39, 0.29) is 0 Å². The third kappa shape index (κ3) is 18.0. The van der Waals surface area contributed by atoms with E-state index in [1.807, 2.05) is 27.7 Å². The Labute approximate surface area is 193 Å². The minimum absolute atomic E-state index is 0.877. The van der Waals surface area contributed by atoms with Crippen LogP contribution in [-0.2, 0) is 6.42 Å². The van der Waals surface area contributed by atoms with Gasteiger partial charge in [0.2, 0.25) is 0 Å². The normalized spacial score (nSPS) is 11.0. The molecule has 0 saturated heterocycles. The van der Waals surface area contributed by atoms with Gasteiger partial charge < -0.3 is 0 Å². The van der Waals surface area contributed by atoms with Crippen LogP contribution in [0.2, 0.25) is 0 Å². The lowest BCUT2D eigenvalue weighted by Crippen LogP contribution is -2.07. The molecule has 0 nitrogen and oxygen atoms in total. The highest BCUT2D eigenvalue weighted by molar-refractivity contribution is 5.30. The Morgan fingerprint density at radius 1 is 0.700 bits per heavy atom. The lowest BCUT2D eigenvalue weighted by atomic mass is 9.88. The summed E-state index contributed by atoms with van der Waals surface area (Å²) in [6.07, 6.45) is 12.2. The number of benzene rings is 1. The molecule has 0 fully saturated rings. The zero-order valence-corrected chi connectivity index (χ0v) is 23.3. The summed E-state index contributed by atoms with van der Waals surface area (Å²) in [5.74, 6) is 2.75. The van der Waals surface area contributed by atoms with Gasteiger partial charge in [0.15, 0.2) is 0 Å². The van der Waals surface area contributed by atoms with Crippen LogP contribution in [0.15, 0.2) is 18.2 Å². The fourth-order valence-electron chi connectivity index (χ4n) is 3.76. The van der Waals surface area contributed by atoms with Gasteiger partial charge in [0, 0.05) is 0 Å². The van der Waals surface area contributed by atoms with Crippen LogP contribution in [0.25, 0.3) is 0 Å². The van der Waals surface area contributed by atoms with Gasteiger partial charge in [-0.1, -0.05) is 139 Å². The summed E-state index contributed by atoms with van der Waals surface area (Å²) in [6.45, 7) is 26.3. The molecule has 0 saturated carbocycles. The van der Waals surface area contributed by atoms with E-state index in [0.29, 0.717) is 0 Å². The Kier molecular flexibility index (Phi) is 27.6. The number of aryl methyl sites for hydroxylation is 2. The molecular formula is C30H60. The molecule has 30 heavy (non-hydrogen) atoms. The van der Waals surface area contributed by atoms with Crippen LogP contribution in [0.4, 0.5) is 0 Å². The molecule has 0 aromatic heterocycles. The van der Waals surface area contributed by atoms with Crippen LogP contribution in [0, 0.1) is 31.6 Å². The van der Waals surface area contributed by atoms with Gasteiger partial charge in [-0.2, -0.15) is 0 Å². The van der Waals surface area contributed by atoms with Crippen LogP contribution in [-0.4, -0.2) is 0 Å². The predicted octanol–water partition coefficient (Wildman–Crippen LogP) is 11.0. The second-order valence-electron chi connectivity index (χ2n) is 8.62. The van der Waals surface area contributed by atoms with Crippen molar-refractivity contribution in [1.29, 1.82) is 0 Å². The molecule has 1 rings (SSSR count). The average molecular weight is 421 g/mol. The molecule has 0 heterocycles. The Morgan fingerprint density at radius 2 is 1.23 bits per heavy atom. The number of hydrogen-bond donors (Lipinski definition) is 0. The monoisotopic (exact) mass is 420 g/mol. The van der Waals surface area contributed by atoms with Crippen molar-refractivity contribution in [2.45, 2.75) is 141 Å². The van der Waals surface area contributed by atoms with Crippen molar-refractivity contribution >= 4 is 0 Å². The fraction of sp³-hybridized carbons (Fsp3) is 0.800. The smallest absolute Gasteiger partial charge is 0.0250 e. The highest BCUT2D eigenvalue weighted by atomic mass is 14.2. The molecule has 0 aliphatic rings. The molecule has 1 atom stereocenters. The standard InChI is InChI=1S/C16H26.C10H22.2C2H6/c1-5-7-8-15(6-2)12-16-10-9-13(3)14(4)11-16;1-5-7-10(8-6-2)9(3)4;2*1-2/h9-11,15H,5-8,12H2,1-4H3;9-10H,5-8H2,1-4H3;2*1-2H3. The largest absolute Gasteiger partial charge is 0.0683 e. The second-order valence-corrected chi connectivity index (χ2v) is 8.62. The Bertz CT molecular complexity index is 437. The minimum atomic E-state index is 0.877. The molecule has 0 aliphatic heterocycles. The molecule has 1 aromatic rings. The van der Waals surface area contributed by atoms with Crippen LogP contribution in [0.5, 0.6) is 0 Å². The molecule has 0 spiro atoms. The van der Waals surface area contributed by atoms with E-state index in [4.69, 9.17) is 0 Å². The SMILES string of the molecule is CC.CC.CCCC(CCC)C(C)C.CCCCC(CC)Cc1ccc(C)c(C)c1. The fourth-order valence-corrected chi connectivity index (χ4v) is 3.76. The van der Waals surface area contributed by atoms with E-state index in [1.165, 1.54) is 74.5 Å². The summed E-state index contributed by atoms with van der Waals surface area (Å²) in [5, 5.41) is 0. The van der Waals surface area contributed by atoms with Gasteiger partial charge >= 0.3 is 0 Å². The van der Waals surface area contributed by atoms with Crippen molar-refractivity contribution in [3.05, 3.63) is 34.9 Å². The average Bonchev–Trinajstić information content (AvgIpc) is 2.76. The topological polar surface area (TPSA) is 0 Å². The first-order valence-corrected chi connectivity index (χ1v) is 13.4. The molecule has 0 amide bonds. The lowest BCUT2D eigenvalue weighted by molar-refractivity contribution is 0.331. The first-order valence-electron chi connectivity index (χ1n) is 13.4. The van der Waals surface area contributed by atoms with Gasteiger partial charge in [-0.25, -0.2) is 0 Å². The summed E-state index contributed by atoms with van der Waals surface area (Å²) in [7, 11) is 0.